The third-order valence-corrected chi connectivity index (χ3v) is 1.95. The predicted octanol–water partition coefficient (Wildman–Crippen LogP) is 0.753. The summed E-state index contributed by atoms with van der Waals surface area (Å²) in [7, 11) is 4.07. The van der Waals surface area contributed by atoms with Crippen molar-refractivity contribution in [2.75, 3.05) is 20.6 Å². The lowest BCUT2D eigenvalue weighted by Crippen LogP contribution is -2.35. The molecule has 3 N–H and O–H groups in total. The minimum atomic E-state index is 0.205. The summed E-state index contributed by atoms with van der Waals surface area (Å²) in [6, 6.07) is 10.4. The molecule has 1 unspecified atom stereocenters. The molecule has 72 valence electrons. The highest BCUT2D eigenvalue weighted by atomic mass is 15.3. The van der Waals surface area contributed by atoms with Gasteiger partial charge in [-0.25, -0.2) is 0 Å². The summed E-state index contributed by atoms with van der Waals surface area (Å²) in [5.41, 5.74) is 4.03. The smallest absolute Gasteiger partial charge is 0.0586 e. The Morgan fingerprint density at radius 3 is 2.38 bits per heavy atom. The van der Waals surface area contributed by atoms with Crippen LogP contribution >= 0.6 is 0 Å². The SMILES string of the molecule is CN(C)CC(NN)c1ccccc1. The van der Waals surface area contributed by atoms with Crippen molar-refractivity contribution < 1.29 is 0 Å². The van der Waals surface area contributed by atoms with Crippen molar-refractivity contribution in [2.24, 2.45) is 5.84 Å². The van der Waals surface area contributed by atoms with Gasteiger partial charge < -0.3 is 4.90 Å². The first kappa shape index (κ1) is 10.2. The van der Waals surface area contributed by atoms with Crippen molar-refractivity contribution in [3.8, 4) is 0 Å². The standard InChI is InChI=1S/C10H17N3/c1-13(2)8-10(12-11)9-6-4-3-5-7-9/h3-7,10,12H,8,11H2,1-2H3. The normalized spacial score (nSPS) is 13.2. The zero-order valence-corrected chi connectivity index (χ0v) is 8.20. The Morgan fingerprint density at radius 1 is 1.31 bits per heavy atom. The van der Waals surface area contributed by atoms with E-state index >= 15 is 0 Å². The lowest BCUT2D eigenvalue weighted by molar-refractivity contribution is 0.344. The van der Waals surface area contributed by atoms with E-state index in [0.29, 0.717) is 0 Å². The lowest BCUT2D eigenvalue weighted by Gasteiger charge is -2.20. The molecule has 0 aromatic heterocycles. The van der Waals surface area contributed by atoms with Gasteiger partial charge in [-0.05, 0) is 19.7 Å². The molecule has 0 fully saturated rings. The largest absolute Gasteiger partial charge is 0.307 e. The summed E-state index contributed by atoms with van der Waals surface area (Å²) < 4.78 is 0. The van der Waals surface area contributed by atoms with Crippen LogP contribution < -0.4 is 11.3 Å². The second-order valence-corrected chi connectivity index (χ2v) is 3.39. The first-order valence-corrected chi connectivity index (χ1v) is 4.40. The minimum Gasteiger partial charge on any atom is -0.307 e. The number of hydrazine groups is 1. The van der Waals surface area contributed by atoms with Crippen LogP contribution in [0.3, 0.4) is 0 Å². The van der Waals surface area contributed by atoms with E-state index in [1.165, 1.54) is 5.56 Å². The van der Waals surface area contributed by atoms with E-state index in [1.807, 2.05) is 32.3 Å². The number of nitrogens with zero attached hydrogens (tertiary/aromatic N) is 1. The van der Waals surface area contributed by atoms with Gasteiger partial charge in [-0.1, -0.05) is 30.3 Å². The third-order valence-electron chi connectivity index (χ3n) is 1.95. The Bertz CT molecular complexity index is 233. The molecule has 0 aliphatic carbocycles. The van der Waals surface area contributed by atoms with Crippen LogP contribution in [0.2, 0.25) is 0 Å². The number of rotatable bonds is 4. The maximum atomic E-state index is 5.48. The van der Waals surface area contributed by atoms with E-state index in [-0.39, 0.29) is 6.04 Å². The van der Waals surface area contributed by atoms with Crippen LogP contribution in [-0.4, -0.2) is 25.5 Å². The fraction of sp³-hybridized carbons (Fsp3) is 0.400. The molecule has 1 aromatic rings. The van der Waals surface area contributed by atoms with Crippen molar-refractivity contribution in [3.05, 3.63) is 35.9 Å². The van der Waals surface area contributed by atoms with Crippen LogP contribution in [0.4, 0.5) is 0 Å². The van der Waals surface area contributed by atoms with Crippen molar-refractivity contribution in [2.45, 2.75) is 6.04 Å². The van der Waals surface area contributed by atoms with E-state index in [0.717, 1.165) is 6.54 Å². The van der Waals surface area contributed by atoms with Crippen LogP contribution in [0, 0.1) is 0 Å². The van der Waals surface area contributed by atoms with Gasteiger partial charge >= 0.3 is 0 Å². The zero-order chi connectivity index (χ0) is 9.68. The molecule has 0 radical (unpaired) electrons. The van der Waals surface area contributed by atoms with Crippen molar-refractivity contribution in [1.82, 2.24) is 10.3 Å². The number of nitrogens with one attached hydrogen (secondary N) is 1. The number of nitrogens with two attached hydrogens (primary N) is 1. The number of benzene rings is 1. The zero-order valence-electron chi connectivity index (χ0n) is 8.20. The fourth-order valence-electron chi connectivity index (χ4n) is 1.30. The summed E-state index contributed by atoms with van der Waals surface area (Å²) in [5, 5.41) is 0. The summed E-state index contributed by atoms with van der Waals surface area (Å²) in [4.78, 5) is 2.11. The highest BCUT2D eigenvalue weighted by molar-refractivity contribution is 5.18. The Balaban J connectivity index is 2.67. The molecule has 0 saturated carbocycles. The predicted molar refractivity (Wildman–Crippen MR) is 55.1 cm³/mol. The average Bonchev–Trinajstić information content (AvgIpc) is 2.15. The van der Waals surface area contributed by atoms with Gasteiger partial charge in [-0.2, -0.15) is 0 Å². The van der Waals surface area contributed by atoms with Gasteiger partial charge in [-0.15, -0.1) is 0 Å². The van der Waals surface area contributed by atoms with Gasteiger partial charge in [-0.3, -0.25) is 11.3 Å². The van der Waals surface area contributed by atoms with Crippen LogP contribution in [-0.2, 0) is 0 Å². The summed E-state index contributed by atoms with van der Waals surface area (Å²) >= 11 is 0. The Hall–Kier alpha value is -0.900. The van der Waals surface area contributed by atoms with Crippen LogP contribution in [0.25, 0.3) is 0 Å². The summed E-state index contributed by atoms with van der Waals surface area (Å²) in [6.45, 7) is 0.903. The maximum Gasteiger partial charge on any atom is 0.0586 e. The van der Waals surface area contributed by atoms with Crippen molar-refractivity contribution >= 4 is 0 Å². The molecule has 0 aliphatic heterocycles. The Labute approximate surface area is 79.5 Å². The van der Waals surface area contributed by atoms with Crippen LogP contribution in [0.1, 0.15) is 11.6 Å². The maximum absolute atomic E-state index is 5.48. The summed E-state index contributed by atoms with van der Waals surface area (Å²) in [5.74, 6) is 5.48. The molecule has 0 bridgehead atoms. The minimum absolute atomic E-state index is 0.205. The molecule has 0 amide bonds. The van der Waals surface area contributed by atoms with Gasteiger partial charge in [0.2, 0.25) is 0 Å². The van der Waals surface area contributed by atoms with Crippen LogP contribution in [0.15, 0.2) is 30.3 Å². The van der Waals surface area contributed by atoms with Gasteiger partial charge in [0.1, 0.15) is 0 Å². The van der Waals surface area contributed by atoms with Gasteiger partial charge in [0, 0.05) is 6.54 Å². The molecule has 0 saturated heterocycles. The molecular formula is C10H17N3. The number of hydrogen-bond acceptors (Lipinski definition) is 3. The first-order chi connectivity index (χ1) is 6.24. The monoisotopic (exact) mass is 179 g/mol. The van der Waals surface area contributed by atoms with Gasteiger partial charge in [0.25, 0.3) is 0 Å². The first-order valence-electron chi connectivity index (χ1n) is 4.40. The topological polar surface area (TPSA) is 41.3 Å². The summed E-state index contributed by atoms with van der Waals surface area (Å²) in [6.07, 6.45) is 0. The molecule has 0 aliphatic rings. The molecule has 3 nitrogen and oxygen atoms in total. The lowest BCUT2D eigenvalue weighted by atomic mass is 10.1. The van der Waals surface area contributed by atoms with E-state index in [9.17, 15) is 0 Å². The molecule has 13 heavy (non-hydrogen) atoms. The Morgan fingerprint density at radius 2 is 1.92 bits per heavy atom. The molecule has 1 rings (SSSR count). The van der Waals surface area contributed by atoms with Gasteiger partial charge in [0.15, 0.2) is 0 Å². The number of likely N-dealkylation sites (N-methyl/N-ethyl adjacent to an activating group) is 1. The fourth-order valence-corrected chi connectivity index (χ4v) is 1.30. The molecule has 0 heterocycles. The van der Waals surface area contributed by atoms with E-state index in [4.69, 9.17) is 5.84 Å². The molecular weight excluding hydrogens is 162 g/mol. The van der Waals surface area contributed by atoms with E-state index < -0.39 is 0 Å². The molecule has 3 heteroatoms. The molecule has 0 spiro atoms. The average molecular weight is 179 g/mol. The highest BCUT2D eigenvalue weighted by Crippen LogP contribution is 2.11. The van der Waals surface area contributed by atoms with Crippen molar-refractivity contribution in [3.63, 3.8) is 0 Å². The van der Waals surface area contributed by atoms with Gasteiger partial charge in [0.05, 0.1) is 6.04 Å². The second-order valence-electron chi connectivity index (χ2n) is 3.39. The van der Waals surface area contributed by atoms with E-state index in [2.05, 4.69) is 22.5 Å². The number of hydrogen-bond donors (Lipinski definition) is 2. The quantitative estimate of drug-likeness (QED) is 0.529. The van der Waals surface area contributed by atoms with Crippen LogP contribution in [0.5, 0.6) is 0 Å². The highest BCUT2D eigenvalue weighted by Gasteiger charge is 2.08. The molecule has 1 atom stereocenters. The van der Waals surface area contributed by atoms with Crippen molar-refractivity contribution in [1.29, 1.82) is 0 Å². The second kappa shape index (κ2) is 4.97. The van der Waals surface area contributed by atoms with E-state index in [1.54, 1.807) is 0 Å². The Kier molecular flexibility index (Phi) is 3.89. The molecule has 1 aromatic carbocycles. The third kappa shape index (κ3) is 3.14.